The van der Waals surface area contributed by atoms with Gasteiger partial charge in [0.05, 0.1) is 5.88 Å². The minimum absolute atomic E-state index is 0.0430. The van der Waals surface area contributed by atoms with Gasteiger partial charge in [0.15, 0.2) is 5.78 Å². The van der Waals surface area contributed by atoms with Crippen LogP contribution in [0.1, 0.15) is 16.7 Å². The SMILES string of the molecule is Cc1ccc(C)c(/C=C/C(=O)CCl)c1. The van der Waals surface area contributed by atoms with E-state index >= 15 is 0 Å². The van der Waals surface area contributed by atoms with E-state index in [1.807, 2.05) is 32.1 Å². The van der Waals surface area contributed by atoms with E-state index in [0.717, 1.165) is 11.1 Å². The molecule has 1 nitrogen and oxygen atoms in total. The van der Waals surface area contributed by atoms with Crippen molar-refractivity contribution < 1.29 is 4.79 Å². The Balaban J connectivity index is 2.90. The van der Waals surface area contributed by atoms with Gasteiger partial charge in [0, 0.05) is 0 Å². The topological polar surface area (TPSA) is 17.1 Å². The van der Waals surface area contributed by atoms with Crippen LogP contribution in [0.25, 0.3) is 6.08 Å². The Morgan fingerprint density at radius 1 is 1.43 bits per heavy atom. The van der Waals surface area contributed by atoms with Crippen molar-refractivity contribution in [3.8, 4) is 0 Å². The van der Waals surface area contributed by atoms with Crippen LogP contribution in [0.15, 0.2) is 24.3 Å². The number of alkyl halides is 1. The van der Waals surface area contributed by atoms with Crippen molar-refractivity contribution in [1.82, 2.24) is 0 Å². The zero-order chi connectivity index (χ0) is 10.6. The molecule has 1 rings (SSSR count). The van der Waals surface area contributed by atoms with Gasteiger partial charge in [-0.3, -0.25) is 4.79 Å². The summed E-state index contributed by atoms with van der Waals surface area (Å²) in [5.74, 6) is -0.0194. The molecule has 0 unspecified atom stereocenters. The molecule has 0 spiro atoms. The number of hydrogen-bond acceptors (Lipinski definition) is 1. The first-order valence-corrected chi connectivity index (χ1v) is 5.01. The van der Waals surface area contributed by atoms with E-state index in [-0.39, 0.29) is 11.7 Å². The van der Waals surface area contributed by atoms with E-state index in [1.54, 1.807) is 0 Å². The summed E-state index contributed by atoms with van der Waals surface area (Å²) in [6.07, 6.45) is 3.34. The molecule has 0 saturated carbocycles. The highest BCUT2D eigenvalue weighted by molar-refractivity contribution is 6.29. The Hall–Kier alpha value is -1.08. The normalized spacial score (nSPS) is 10.8. The maximum Gasteiger partial charge on any atom is 0.170 e. The third kappa shape index (κ3) is 3.00. The second kappa shape index (κ2) is 4.97. The lowest BCUT2D eigenvalue weighted by Crippen LogP contribution is -1.92. The quantitative estimate of drug-likeness (QED) is 0.551. The van der Waals surface area contributed by atoms with Gasteiger partial charge in [0.2, 0.25) is 0 Å². The van der Waals surface area contributed by atoms with Crippen LogP contribution in [0.3, 0.4) is 0 Å². The Bertz CT molecular complexity index is 367. The van der Waals surface area contributed by atoms with Crippen molar-refractivity contribution in [2.24, 2.45) is 0 Å². The molecule has 0 radical (unpaired) electrons. The van der Waals surface area contributed by atoms with E-state index in [9.17, 15) is 4.79 Å². The first-order valence-electron chi connectivity index (χ1n) is 4.47. The molecular formula is C12H13ClO. The number of benzene rings is 1. The van der Waals surface area contributed by atoms with Gasteiger partial charge in [0.1, 0.15) is 0 Å². The van der Waals surface area contributed by atoms with Crippen LogP contribution in [0.4, 0.5) is 0 Å². The van der Waals surface area contributed by atoms with Gasteiger partial charge in [0.25, 0.3) is 0 Å². The Kier molecular flexibility index (Phi) is 3.90. The maximum atomic E-state index is 11.0. The van der Waals surface area contributed by atoms with Crippen molar-refractivity contribution in [2.45, 2.75) is 13.8 Å². The van der Waals surface area contributed by atoms with Crippen LogP contribution in [0.2, 0.25) is 0 Å². The van der Waals surface area contributed by atoms with Gasteiger partial charge in [-0.25, -0.2) is 0 Å². The molecule has 0 atom stereocenters. The zero-order valence-corrected chi connectivity index (χ0v) is 9.14. The van der Waals surface area contributed by atoms with Gasteiger partial charge >= 0.3 is 0 Å². The van der Waals surface area contributed by atoms with Crippen molar-refractivity contribution in [3.05, 3.63) is 41.0 Å². The molecule has 0 aliphatic carbocycles. The van der Waals surface area contributed by atoms with Gasteiger partial charge in [-0.05, 0) is 31.1 Å². The fourth-order valence-electron chi connectivity index (χ4n) is 1.17. The summed E-state index contributed by atoms with van der Waals surface area (Å²) in [5.41, 5.74) is 3.42. The largest absolute Gasteiger partial charge is 0.294 e. The predicted molar refractivity (Wildman–Crippen MR) is 60.7 cm³/mol. The minimum atomic E-state index is -0.0624. The van der Waals surface area contributed by atoms with Crippen LogP contribution in [-0.2, 0) is 4.79 Å². The molecule has 0 amide bonds. The lowest BCUT2D eigenvalue weighted by atomic mass is 10.1. The highest BCUT2D eigenvalue weighted by atomic mass is 35.5. The lowest BCUT2D eigenvalue weighted by molar-refractivity contribution is -0.112. The molecule has 1 aromatic rings. The highest BCUT2D eigenvalue weighted by Gasteiger charge is 1.96. The molecule has 0 N–H and O–H groups in total. The average Bonchev–Trinajstić information content (AvgIpc) is 2.19. The molecule has 0 aliphatic rings. The van der Waals surface area contributed by atoms with Gasteiger partial charge in [-0.2, -0.15) is 0 Å². The number of rotatable bonds is 3. The molecule has 0 saturated heterocycles. The third-order valence-electron chi connectivity index (χ3n) is 2.02. The monoisotopic (exact) mass is 208 g/mol. The molecule has 0 bridgehead atoms. The molecule has 74 valence electrons. The summed E-state index contributed by atoms with van der Waals surface area (Å²) < 4.78 is 0. The number of halogens is 1. The highest BCUT2D eigenvalue weighted by Crippen LogP contribution is 2.12. The van der Waals surface area contributed by atoms with Crippen LogP contribution in [-0.4, -0.2) is 11.7 Å². The summed E-state index contributed by atoms with van der Waals surface area (Å²) in [4.78, 5) is 11.0. The molecular weight excluding hydrogens is 196 g/mol. The van der Waals surface area contributed by atoms with Crippen molar-refractivity contribution in [3.63, 3.8) is 0 Å². The minimum Gasteiger partial charge on any atom is -0.294 e. The Morgan fingerprint density at radius 2 is 2.14 bits per heavy atom. The van der Waals surface area contributed by atoms with Gasteiger partial charge < -0.3 is 0 Å². The zero-order valence-electron chi connectivity index (χ0n) is 8.38. The fourth-order valence-corrected chi connectivity index (χ4v) is 1.26. The summed E-state index contributed by atoms with van der Waals surface area (Å²) in [6.45, 7) is 4.05. The van der Waals surface area contributed by atoms with Crippen molar-refractivity contribution in [2.75, 3.05) is 5.88 Å². The van der Waals surface area contributed by atoms with Crippen LogP contribution in [0, 0.1) is 13.8 Å². The summed E-state index contributed by atoms with van der Waals surface area (Å²) in [6, 6.07) is 6.14. The van der Waals surface area contributed by atoms with Crippen LogP contribution in [0.5, 0.6) is 0 Å². The van der Waals surface area contributed by atoms with Crippen LogP contribution < -0.4 is 0 Å². The number of hydrogen-bond donors (Lipinski definition) is 0. The lowest BCUT2D eigenvalue weighted by Gasteiger charge is -2.00. The van der Waals surface area contributed by atoms with Crippen molar-refractivity contribution >= 4 is 23.5 Å². The summed E-state index contributed by atoms with van der Waals surface area (Å²) in [7, 11) is 0. The predicted octanol–water partition coefficient (Wildman–Crippen LogP) is 3.12. The molecule has 0 aliphatic heterocycles. The number of ketones is 1. The molecule has 0 aromatic heterocycles. The molecule has 0 heterocycles. The standard InChI is InChI=1S/C12H13ClO/c1-9-3-4-10(2)11(7-9)5-6-12(14)8-13/h3-7H,8H2,1-2H3/b6-5+. The van der Waals surface area contributed by atoms with Gasteiger partial charge in [-0.1, -0.05) is 29.8 Å². The van der Waals surface area contributed by atoms with E-state index in [2.05, 4.69) is 6.07 Å². The van der Waals surface area contributed by atoms with E-state index in [4.69, 9.17) is 11.6 Å². The maximum absolute atomic E-state index is 11.0. The second-order valence-electron chi connectivity index (χ2n) is 3.29. The molecule has 14 heavy (non-hydrogen) atoms. The smallest absolute Gasteiger partial charge is 0.170 e. The molecule has 0 fully saturated rings. The summed E-state index contributed by atoms with van der Waals surface area (Å²) >= 11 is 5.39. The Morgan fingerprint density at radius 3 is 2.79 bits per heavy atom. The Labute approximate surface area is 89.4 Å². The average molecular weight is 209 g/mol. The molecule has 1 aromatic carbocycles. The number of aryl methyl sites for hydroxylation is 2. The second-order valence-corrected chi connectivity index (χ2v) is 3.56. The van der Waals surface area contributed by atoms with E-state index in [1.165, 1.54) is 11.6 Å². The van der Waals surface area contributed by atoms with Crippen LogP contribution >= 0.6 is 11.6 Å². The molecule has 2 heteroatoms. The number of carbonyl (C=O) groups is 1. The first-order chi connectivity index (χ1) is 6.63. The van der Waals surface area contributed by atoms with E-state index in [0.29, 0.717) is 0 Å². The van der Waals surface area contributed by atoms with E-state index < -0.39 is 0 Å². The third-order valence-corrected chi connectivity index (χ3v) is 2.28. The van der Waals surface area contributed by atoms with Crippen molar-refractivity contribution in [1.29, 1.82) is 0 Å². The number of allylic oxidation sites excluding steroid dienone is 1. The van der Waals surface area contributed by atoms with Gasteiger partial charge in [-0.15, -0.1) is 11.6 Å². The first kappa shape index (κ1) is 11.0. The summed E-state index contributed by atoms with van der Waals surface area (Å²) in [5, 5.41) is 0. The number of carbonyl (C=O) groups excluding carboxylic acids is 1. The fraction of sp³-hybridized carbons (Fsp3) is 0.250.